The Kier molecular flexibility index (Phi) is 7.02. The van der Waals surface area contributed by atoms with E-state index in [1.807, 2.05) is 19.1 Å². The number of aryl methyl sites for hydroxylation is 1. The maximum atomic E-state index is 9.02. The van der Waals surface area contributed by atoms with Crippen molar-refractivity contribution in [1.29, 1.82) is 10.5 Å². The van der Waals surface area contributed by atoms with E-state index in [9.17, 15) is 0 Å². The van der Waals surface area contributed by atoms with Gasteiger partial charge in [-0.1, -0.05) is 0 Å². The van der Waals surface area contributed by atoms with Crippen LogP contribution >= 0.6 is 31.9 Å². The number of benzene rings is 3. The first-order valence-corrected chi connectivity index (χ1v) is 11.6. The second-order valence-corrected chi connectivity index (χ2v) is 8.87. The van der Waals surface area contributed by atoms with Crippen LogP contribution in [-0.4, -0.2) is 15.0 Å². The van der Waals surface area contributed by atoms with Crippen LogP contribution in [0.1, 0.15) is 16.7 Å². The maximum absolute atomic E-state index is 9.02. The van der Waals surface area contributed by atoms with Gasteiger partial charge < -0.3 is 16.0 Å². The highest BCUT2D eigenvalue weighted by Gasteiger charge is 2.12. The lowest BCUT2D eigenvalue weighted by molar-refractivity contribution is 1.06. The van der Waals surface area contributed by atoms with E-state index < -0.39 is 0 Å². The minimum atomic E-state index is 0.303. The Morgan fingerprint density at radius 3 is 1.41 bits per heavy atom. The van der Waals surface area contributed by atoms with Crippen LogP contribution in [0.25, 0.3) is 0 Å². The topological polar surface area (TPSA) is 122 Å². The monoisotopic (exact) mass is 574 g/mol. The summed E-state index contributed by atoms with van der Waals surface area (Å²) in [4.78, 5) is 13.5. The molecule has 0 aliphatic rings. The van der Waals surface area contributed by atoms with Gasteiger partial charge in [0.25, 0.3) is 0 Å². The molecule has 0 saturated carbocycles. The SMILES string of the molecule is Cc1cc(Br)c(Nc2nc(Nc3ccc(C#N)cc3)nc(Nc3ccc(C#N)cc3)n2)c(Br)c1. The molecule has 1 heterocycles. The molecule has 4 rings (SSSR count). The summed E-state index contributed by atoms with van der Waals surface area (Å²) < 4.78 is 1.70. The molecule has 0 amide bonds. The highest BCUT2D eigenvalue weighted by atomic mass is 79.9. The van der Waals surface area contributed by atoms with Gasteiger partial charge in [-0.2, -0.15) is 25.5 Å². The van der Waals surface area contributed by atoms with Crippen molar-refractivity contribution in [3.05, 3.63) is 86.3 Å². The molecule has 34 heavy (non-hydrogen) atoms. The zero-order valence-electron chi connectivity index (χ0n) is 17.8. The minimum absolute atomic E-state index is 0.303. The summed E-state index contributed by atoms with van der Waals surface area (Å²) in [6.45, 7) is 2.00. The summed E-state index contributed by atoms with van der Waals surface area (Å²) >= 11 is 7.16. The van der Waals surface area contributed by atoms with E-state index in [2.05, 4.69) is 74.9 Å². The van der Waals surface area contributed by atoms with E-state index in [1.54, 1.807) is 48.5 Å². The molecular weight excluding hydrogens is 560 g/mol. The summed E-state index contributed by atoms with van der Waals surface area (Å²) in [5.74, 6) is 0.919. The Morgan fingerprint density at radius 2 is 1.03 bits per heavy atom. The molecule has 0 atom stereocenters. The van der Waals surface area contributed by atoms with Crippen molar-refractivity contribution in [3.63, 3.8) is 0 Å². The predicted molar refractivity (Wildman–Crippen MR) is 139 cm³/mol. The van der Waals surface area contributed by atoms with Crippen molar-refractivity contribution in [3.8, 4) is 12.1 Å². The molecule has 4 aromatic rings. The number of nitrogens with zero attached hydrogens (tertiary/aromatic N) is 5. The predicted octanol–water partition coefficient (Wildman–Crippen LogP) is 6.68. The fourth-order valence-electron chi connectivity index (χ4n) is 2.99. The third-order valence-corrected chi connectivity index (χ3v) is 5.85. The summed E-state index contributed by atoms with van der Waals surface area (Å²) in [5.41, 5.74) is 4.41. The first-order valence-electron chi connectivity index (χ1n) is 9.96. The number of nitrogens with one attached hydrogen (secondary N) is 3. The maximum Gasteiger partial charge on any atom is 0.233 e. The molecule has 0 radical (unpaired) electrons. The number of nitriles is 2. The quantitative estimate of drug-likeness (QED) is 0.233. The molecule has 0 saturated heterocycles. The molecule has 0 fully saturated rings. The van der Waals surface area contributed by atoms with Crippen molar-refractivity contribution < 1.29 is 0 Å². The molecule has 3 N–H and O–H groups in total. The van der Waals surface area contributed by atoms with E-state index in [1.165, 1.54) is 0 Å². The Bertz CT molecular complexity index is 1320. The second-order valence-electron chi connectivity index (χ2n) is 7.16. The van der Waals surface area contributed by atoms with Crippen LogP contribution < -0.4 is 16.0 Å². The molecular formula is C24H16Br2N8. The van der Waals surface area contributed by atoms with Gasteiger partial charge >= 0.3 is 0 Å². The molecule has 0 aliphatic carbocycles. The first kappa shape index (κ1) is 23.2. The van der Waals surface area contributed by atoms with Crippen LogP contribution in [0.3, 0.4) is 0 Å². The lowest BCUT2D eigenvalue weighted by Gasteiger charge is -2.14. The van der Waals surface area contributed by atoms with Gasteiger partial charge in [-0.25, -0.2) is 0 Å². The van der Waals surface area contributed by atoms with Gasteiger partial charge in [0.15, 0.2) is 0 Å². The number of halogens is 2. The van der Waals surface area contributed by atoms with Gasteiger partial charge in [-0.3, -0.25) is 0 Å². The van der Waals surface area contributed by atoms with Crippen molar-refractivity contribution in [2.75, 3.05) is 16.0 Å². The molecule has 3 aromatic carbocycles. The molecule has 8 nitrogen and oxygen atoms in total. The van der Waals surface area contributed by atoms with Crippen LogP contribution in [0.2, 0.25) is 0 Å². The van der Waals surface area contributed by atoms with E-state index in [4.69, 9.17) is 10.5 Å². The Balaban J connectivity index is 1.69. The fraction of sp³-hybridized carbons (Fsp3) is 0.0417. The molecule has 0 aliphatic heterocycles. The van der Waals surface area contributed by atoms with E-state index in [0.29, 0.717) is 29.0 Å². The van der Waals surface area contributed by atoms with Crippen LogP contribution in [-0.2, 0) is 0 Å². The highest BCUT2D eigenvalue weighted by molar-refractivity contribution is 9.11. The summed E-state index contributed by atoms with van der Waals surface area (Å²) in [5, 5.41) is 27.6. The molecule has 10 heteroatoms. The molecule has 0 spiro atoms. The van der Waals surface area contributed by atoms with Gasteiger partial charge in [0.1, 0.15) is 0 Å². The average Bonchev–Trinajstić information content (AvgIpc) is 2.82. The zero-order valence-corrected chi connectivity index (χ0v) is 20.9. The smallest absolute Gasteiger partial charge is 0.233 e. The van der Waals surface area contributed by atoms with Crippen molar-refractivity contribution >= 4 is 66.8 Å². The summed E-state index contributed by atoms with van der Waals surface area (Å²) in [6.07, 6.45) is 0. The third kappa shape index (κ3) is 5.67. The average molecular weight is 576 g/mol. The number of hydrogen-bond donors (Lipinski definition) is 3. The Labute approximate surface area is 213 Å². The van der Waals surface area contributed by atoms with Gasteiger partial charge in [-0.05, 0) is 105 Å². The van der Waals surface area contributed by atoms with Crippen LogP contribution in [0.5, 0.6) is 0 Å². The van der Waals surface area contributed by atoms with Gasteiger partial charge in [0.2, 0.25) is 17.8 Å². The minimum Gasteiger partial charge on any atom is -0.324 e. The standard InChI is InChI=1S/C24H16Br2N8/c1-14-10-19(25)21(20(26)11-14)31-24-33-22(29-17-6-2-15(12-27)3-7-17)32-23(34-24)30-18-8-4-16(13-28)5-9-18/h2-11H,1H3,(H3,29,30,31,32,33,34). The molecule has 0 unspecified atom stereocenters. The van der Waals surface area contributed by atoms with E-state index in [0.717, 1.165) is 31.6 Å². The fourth-order valence-corrected chi connectivity index (χ4v) is 4.60. The van der Waals surface area contributed by atoms with Gasteiger partial charge in [0.05, 0.1) is 29.0 Å². The first-order chi connectivity index (χ1) is 16.4. The van der Waals surface area contributed by atoms with Crippen LogP contribution in [0, 0.1) is 29.6 Å². The molecule has 0 bridgehead atoms. The largest absolute Gasteiger partial charge is 0.324 e. The van der Waals surface area contributed by atoms with Crippen LogP contribution in [0.15, 0.2) is 69.6 Å². The number of aromatic nitrogens is 3. The zero-order chi connectivity index (χ0) is 24.1. The van der Waals surface area contributed by atoms with Crippen molar-refractivity contribution in [2.45, 2.75) is 6.92 Å². The number of anilines is 6. The summed E-state index contributed by atoms with van der Waals surface area (Å²) in [7, 11) is 0. The Hall–Kier alpha value is -3.99. The second kappa shape index (κ2) is 10.3. The van der Waals surface area contributed by atoms with E-state index >= 15 is 0 Å². The summed E-state index contributed by atoms with van der Waals surface area (Å²) in [6, 6.07) is 22.1. The van der Waals surface area contributed by atoms with Gasteiger partial charge in [0, 0.05) is 20.3 Å². The number of hydrogen-bond acceptors (Lipinski definition) is 8. The lowest BCUT2D eigenvalue weighted by atomic mass is 10.2. The van der Waals surface area contributed by atoms with Crippen molar-refractivity contribution in [2.24, 2.45) is 0 Å². The lowest BCUT2D eigenvalue weighted by Crippen LogP contribution is -2.08. The Morgan fingerprint density at radius 1 is 0.647 bits per heavy atom. The number of rotatable bonds is 6. The molecule has 166 valence electrons. The van der Waals surface area contributed by atoms with E-state index in [-0.39, 0.29) is 0 Å². The van der Waals surface area contributed by atoms with Crippen molar-refractivity contribution in [1.82, 2.24) is 15.0 Å². The molecule has 1 aromatic heterocycles. The highest BCUT2D eigenvalue weighted by Crippen LogP contribution is 2.34. The van der Waals surface area contributed by atoms with Gasteiger partial charge in [-0.15, -0.1) is 0 Å². The normalized spacial score (nSPS) is 10.1. The van der Waals surface area contributed by atoms with Crippen LogP contribution in [0.4, 0.5) is 34.9 Å². The third-order valence-electron chi connectivity index (χ3n) is 4.60.